The molecule has 0 aromatic heterocycles. The largest absolute Gasteiger partial charge is 0.397 e. The highest BCUT2D eigenvalue weighted by Crippen LogP contribution is 2.30. The Morgan fingerprint density at radius 2 is 2.29 bits per heavy atom. The van der Waals surface area contributed by atoms with Gasteiger partial charge in [0.2, 0.25) is 5.91 Å². The van der Waals surface area contributed by atoms with Crippen molar-refractivity contribution in [3.63, 3.8) is 0 Å². The Labute approximate surface area is 100 Å². The number of carbonyl (C=O) groups excluding carboxylic acids is 1. The Balaban J connectivity index is 2.16. The minimum Gasteiger partial charge on any atom is -0.397 e. The zero-order chi connectivity index (χ0) is 12.3. The van der Waals surface area contributed by atoms with E-state index in [1.54, 1.807) is 7.11 Å². The normalized spacial score (nSPS) is 14.1. The number of anilines is 3. The van der Waals surface area contributed by atoms with Crippen LogP contribution in [0.4, 0.5) is 17.1 Å². The number of hydrogen-bond acceptors (Lipinski definition) is 4. The van der Waals surface area contributed by atoms with Crippen LogP contribution in [-0.2, 0) is 16.0 Å². The SMILES string of the molecule is COCCNc1cc2c(cc1N)NC(=O)CC2. The van der Waals surface area contributed by atoms with E-state index in [0.29, 0.717) is 25.3 Å². The van der Waals surface area contributed by atoms with Crippen molar-refractivity contribution in [1.82, 2.24) is 0 Å². The van der Waals surface area contributed by atoms with Crippen molar-refractivity contribution < 1.29 is 9.53 Å². The third-order valence-corrected chi connectivity index (χ3v) is 2.79. The highest BCUT2D eigenvalue weighted by atomic mass is 16.5. The van der Waals surface area contributed by atoms with Gasteiger partial charge in [-0.15, -0.1) is 0 Å². The Bertz CT molecular complexity index is 432. The van der Waals surface area contributed by atoms with E-state index >= 15 is 0 Å². The molecule has 0 bridgehead atoms. The van der Waals surface area contributed by atoms with Gasteiger partial charge in [-0.1, -0.05) is 0 Å². The molecule has 2 rings (SSSR count). The summed E-state index contributed by atoms with van der Waals surface area (Å²) >= 11 is 0. The fourth-order valence-corrected chi connectivity index (χ4v) is 1.89. The van der Waals surface area contributed by atoms with E-state index in [9.17, 15) is 4.79 Å². The zero-order valence-corrected chi connectivity index (χ0v) is 9.88. The van der Waals surface area contributed by atoms with E-state index in [1.165, 1.54) is 0 Å². The number of rotatable bonds is 4. The van der Waals surface area contributed by atoms with Crippen LogP contribution in [-0.4, -0.2) is 26.2 Å². The number of amides is 1. The maximum atomic E-state index is 11.2. The molecule has 17 heavy (non-hydrogen) atoms. The molecule has 0 unspecified atom stereocenters. The van der Waals surface area contributed by atoms with Gasteiger partial charge >= 0.3 is 0 Å². The Kier molecular flexibility index (Phi) is 3.49. The van der Waals surface area contributed by atoms with Crippen LogP contribution in [0.2, 0.25) is 0 Å². The van der Waals surface area contributed by atoms with Crippen molar-refractivity contribution in [2.75, 3.05) is 36.6 Å². The molecule has 5 nitrogen and oxygen atoms in total. The van der Waals surface area contributed by atoms with Gasteiger partial charge in [-0.25, -0.2) is 0 Å². The molecule has 4 N–H and O–H groups in total. The number of fused-ring (bicyclic) bond motifs is 1. The molecule has 0 spiro atoms. The van der Waals surface area contributed by atoms with Gasteiger partial charge in [0, 0.05) is 25.8 Å². The average Bonchev–Trinajstić information content (AvgIpc) is 2.30. The summed E-state index contributed by atoms with van der Waals surface area (Å²) in [5, 5.41) is 6.04. The molecule has 92 valence electrons. The lowest BCUT2D eigenvalue weighted by molar-refractivity contribution is -0.116. The third-order valence-electron chi connectivity index (χ3n) is 2.79. The molecule has 1 aliphatic heterocycles. The van der Waals surface area contributed by atoms with Crippen molar-refractivity contribution in [2.24, 2.45) is 0 Å². The summed E-state index contributed by atoms with van der Waals surface area (Å²) in [5.74, 6) is 0.0528. The van der Waals surface area contributed by atoms with Gasteiger partial charge < -0.3 is 21.1 Å². The minimum absolute atomic E-state index is 0.0528. The van der Waals surface area contributed by atoms with Crippen molar-refractivity contribution in [3.05, 3.63) is 17.7 Å². The van der Waals surface area contributed by atoms with Gasteiger partial charge in [0.1, 0.15) is 0 Å². The summed E-state index contributed by atoms with van der Waals surface area (Å²) in [6.07, 6.45) is 1.30. The highest BCUT2D eigenvalue weighted by Gasteiger charge is 2.16. The lowest BCUT2D eigenvalue weighted by Crippen LogP contribution is -2.19. The first kappa shape index (κ1) is 11.7. The summed E-state index contributed by atoms with van der Waals surface area (Å²) in [4.78, 5) is 11.2. The van der Waals surface area contributed by atoms with E-state index in [0.717, 1.165) is 23.4 Å². The lowest BCUT2D eigenvalue weighted by atomic mass is 10.0. The van der Waals surface area contributed by atoms with Gasteiger partial charge in [-0.05, 0) is 24.1 Å². The molecule has 1 amide bonds. The van der Waals surface area contributed by atoms with Crippen LogP contribution in [0, 0.1) is 0 Å². The molecule has 0 atom stereocenters. The Morgan fingerprint density at radius 3 is 3.06 bits per heavy atom. The molecule has 5 heteroatoms. The molecule has 1 heterocycles. The second-order valence-corrected chi connectivity index (χ2v) is 4.06. The maximum absolute atomic E-state index is 11.2. The van der Waals surface area contributed by atoms with Crippen molar-refractivity contribution in [1.29, 1.82) is 0 Å². The minimum atomic E-state index is 0.0528. The van der Waals surface area contributed by atoms with Crippen molar-refractivity contribution >= 4 is 23.0 Å². The molecule has 1 aliphatic rings. The fraction of sp³-hybridized carbons (Fsp3) is 0.417. The number of nitrogens with two attached hydrogens (primary N) is 1. The number of hydrogen-bond donors (Lipinski definition) is 3. The molecular formula is C12H17N3O2. The van der Waals surface area contributed by atoms with Gasteiger partial charge in [0.25, 0.3) is 0 Å². The standard InChI is InChI=1S/C12H17N3O2/c1-17-5-4-14-11-6-8-2-3-12(16)15-10(8)7-9(11)13/h6-7,14H,2-5,13H2,1H3,(H,15,16). The first-order valence-electron chi connectivity index (χ1n) is 5.66. The van der Waals surface area contributed by atoms with Gasteiger partial charge in [-0.3, -0.25) is 4.79 Å². The van der Waals surface area contributed by atoms with Crippen molar-refractivity contribution in [2.45, 2.75) is 12.8 Å². The van der Waals surface area contributed by atoms with Gasteiger partial charge in [0.05, 0.1) is 18.0 Å². The van der Waals surface area contributed by atoms with Crippen LogP contribution in [0.1, 0.15) is 12.0 Å². The smallest absolute Gasteiger partial charge is 0.224 e. The van der Waals surface area contributed by atoms with E-state index in [-0.39, 0.29) is 5.91 Å². The van der Waals surface area contributed by atoms with Crippen LogP contribution in [0.5, 0.6) is 0 Å². The van der Waals surface area contributed by atoms with Crippen LogP contribution < -0.4 is 16.4 Å². The molecule has 0 aliphatic carbocycles. The zero-order valence-electron chi connectivity index (χ0n) is 9.88. The van der Waals surface area contributed by atoms with E-state index in [2.05, 4.69) is 10.6 Å². The van der Waals surface area contributed by atoms with Crippen LogP contribution in [0.3, 0.4) is 0 Å². The van der Waals surface area contributed by atoms with E-state index in [4.69, 9.17) is 10.5 Å². The van der Waals surface area contributed by atoms with Crippen LogP contribution in [0.15, 0.2) is 12.1 Å². The summed E-state index contributed by atoms with van der Waals surface area (Å²) in [5.41, 5.74) is 9.41. The number of ether oxygens (including phenoxy) is 1. The molecule has 1 aromatic rings. The maximum Gasteiger partial charge on any atom is 0.224 e. The number of carbonyl (C=O) groups is 1. The monoisotopic (exact) mass is 235 g/mol. The molecule has 0 saturated heterocycles. The topological polar surface area (TPSA) is 76.4 Å². The second kappa shape index (κ2) is 5.05. The fourth-order valence-electron chi connectivity index (χ4n) is 1.89. The molecule has 1 aromatic carbocycles. The van der Waals surface area contributed by atoms with Crippen LogP contribution >= 0.6 is 0 Å². The number of nitrogen functional groups attached to an aromatic ring is 1. The van der Waals surface area contributed by atoms with Crippen LogP contribution in [0.25, 0.3) is 0 Å². The van der Waals surface area contributed by atoms with E-state index < -0.39 is 0 Å². The van der Waals surface area contributed by atoms with Crippen molar-refractivity contribution in [3.8, 4) is 0 Å². The number of benzene rings is 1. The summed E-state index contributed by atoms with van der Waals surface area (Å²) in [6.45, 7) is 1.35. The van der Waals surface area contributed by atoms with E-state index in [1.807, 2.05) is 12.1 Å². The Morgan fingerprint density at radius 1 is 1.47 bits per heavy atom. The predicted molar refractivity (Wildman–Crippen MR) is 68.2 cm³/mol. The van der Waals surface area contributed by atoms with Gasteiger partial charge in [0.15, 0.2) is 0 Å². The highest BCUT2D eigenvalue weighted by molar-refractivity contribution is 5.95. The average molecular weight is 235 g/mol. The summed E-state index contributed by atoms with van der Waals surface area (Å²) in [6, 6.07) is 3.81. The van der Waals surface area contributed by atoms with Gasteiger partial charge in [-0.2, -0.15) is 0 Å². The Hall–Kier alpha value is -1.75. The quantitative estimate of drug-likeness (QED) is 0.541. The number of aryl methyl sites for hydroxylation is 1. The summed E-state index contributed by atoms with van der Waals surface area (Å²) < 4.78 is 4.97. The molecule has 0 fully saturated rings. The molecule has 0 radical (unpaired) electrons. The first-order valence-corrected chi connectivity index (χ1v) is 5.66. The number of nitrogens with one attached hydrogen (secondary N) is 2. The summed E-state index contributed by atoms with van der Waals surface area (Å²) in [7, 11) is 1.66. The lowest BCUT2D eigenvalue weighted by Gasteiger charge is -2.19. The second-order valence-electron chi connectivity index (χ2n) is 4.06. The predicted octanol–water partition coefficient (Wildman–Crippen LogP) is 1.21. The molecular weight excluding hydrogens is 218 g/mol. The first-order chi connectivity index (χ1) is 8.20. The third kappa shape index (κ3) is 2.68. The molecule has 0 saturated carbocycles. The number of methoxy groups -OCH3 is 1.